The van der Waals surface area contributed by atoms with Gasteiger partial charge in [-0.15, -0.1) is 0 Å². The maximum absolute atomic E-state index is 10.8. The Morgan fingerprint density at radius 3 is 2.42 bits per heavy atom. The normalized spacial score (nSPS) is 13.6. The average Bonchev–Trinajstić information content (AvgIpc) is 2.47. The van der Waals surface area contributed by atoms with E-state index in [1.165, 1.54) is 6.92 Å². The second-order valence-corrected chi connectivity index (χ2v) is 7.35. The molecule has 0 heterocycles. The van der Waals surface area contributed by atoms with Gasteiger partial charge in [-0.25, -0.2) is 0 Å². The third kappa shape index (κ3) is 11.5. The highest BCUT2D eigenvalue weighted by molar-refractivity contribution is 5.72. The van der Waals surface area contributed by atoms with E-state index >= 15 is 0 Å². The maximum atomic E-state index is 10.8. The molecule has 24 heavy (non-hydrogen) atoms. The van der Waals surface area contributed by atoms with Gasteiger partial charge in [-0.05, 0) is 53.4 Å². The van der Waals surface area contributed by atoms with Crippen molar-refractivity contribution in [2.24, 2.45) is 5.73 Å². The summed E-state index contributed by atoms with van der Waals surface area (Å²) in [7, 11) is 0. The van der Waals surface area contributed by atoms with Crippen LogP contribution in [0.15, 0.2) is 0 Å². The lowest BCUT2D eigenvalue weighted by Crippen LogP contribution is -2.46. The first-order valence-corrected chi connectivity index (χ1v) is 8.82. The van der Waals surface area contributed by atoms with E-state index in [1.807, 2.05) is 27.7 Å². The molecule has 1 unspecified atom stereocenters. The Morgan fingerprint density at radius 1 is 1.17 bits per heavy atom. The topological polar surface area (TPSA) is 90.7 Å². The van der Waals surface area contributed by atoms with E-state index in [0.717, 1.165) is 32.0 Å². The summed E-state index contributed by atoms with van der Waals surface area (Å²) < 4.78 is 11.8. The van der Waals surface area contributed by atoms with E-state index in [2.05, 4.69) is 5.32 Å². The van der Waals surface area contributed by atoms with Crippen LogP contribution in [0.2, 0.25) is 0 Å². The molecule has 0 spiro atoms. The Kier molecular flexibility index (Phi) is 11.1. The second-order valence-electron chi connectivity index (χ2n) is 7.35. The largest absolute Gasteiger partial charge is 0.375 e. The van der Waals surface area contributed by atoms with Crippen LogP contribution in [-0.4, -0.2) is 49.2 Å². The Hall–Kier alpha value is -0.980. The number of unbranched alkanes of at least 4 members (excludes halogenated alkanes) is 1. The van der Waals surface area contributed by atoms with E-state index in [-0.39, 0.29) is 17.6 Å². The van der Waals surface area contributed by atoms with Gasteiger partial charge < -0.3 is 25.3 Å². The van der Waals surface area contributed by atoms with Crippen LogP contribution >= 0.6 is 0 Å². The van der Waals surface area contributed by atoms with E-state index < -0.39 is 5.60 Å². The van der Waals surface area contributed by atoms with Crippen LogP contribution in [0.25, 0.3) is 0 Å². The number of ether oxygens (including phenoxy) is 2. The molecule has 6 nitrogen and oxygen atoms in total. The van der Waals surface area contributed by atoms with Crippen molar-refractivity contribution in [3.8, 4) is 0 Å². The van der Waals surface area contributed by atoms with Crippen molar-refractivity contribution >= 4 is 12.2 Å². The van der Waals surface area contributed by atoms with Gasteiger partial charge in [-0.1, -0.05) is 0 Å². The molecule has 0 fully saturated rings. The predicted molar refractivity (Wildman–Crippen MR) is 95.9 cm³/mol. The summed E-state index contributed by atoms with van der Waals surface area (Å²) >= 11 is 0. The number of amides is 1. The molecule has 142 valence electrons. The zero-order valence-electron chi connectivity index (χ0n) is 16.0. The standard InChI is InChI=1S/C18H36N2O4/c1-15(22)20-11-8-9-16(19)18(4,5)24-14-10-17(2,3)23-13-7-6-12-21/h12,16H,6-11,13-14,19H2,1-5H3,(H,20,22). The molecular formula is C18H36N2O4. The number of nitrogens with one attached hydrogen (secondary N) is 1. The third-order valence-electron chi connectivity index (χ3n) is 4.10. The molecule has 1 amide bonds. The summed E-state index contributed by atoms with van der Waals surface area (Å²) in [5, 5.41) is 2.77. The zero-order valence-corrected chi connectivity index (χ0v) is 16.0. The molecular weight excluding hydrogens is 308 g/mol. The number of carbonyl (C=O) groups excluding carboxylic acids is 2. The van der Waals surface area contributed by atoms with Crippen molar-refractivity contribution in [2.75, 3.05) is 19.8 Å². The highest BCUT2D eigenvalue weighted by Crippen LogP contribution is 2.21. The fraction of sp³-hybridized carbons (Fsp3) is 0.889. The molecule has 1 atom stereocenters. The first-order chi connectivity index (χ1) is 11.1. The monoisotopic (exact) mass is 344 g/mol. The van der Waals surface area contributed by atoms with Crippen LogP contribution in [0.3, 0.4) is 0 Å². The molecule has 0 rings (SSSR count). The first kappa shape index (κ1) is 23.0. The van der Waals surface area contributed by atoms with Crippen LogP contribution in [0, 0.1) is 0 Å². The van der Waals surface area contributed by atoms with E-state index in [9.17, 15) is 9.59 Å². The quantitative estimate of drug-likeness (QED) is 0.372. The van der Waals surface area contributed by atoms with Crippen molar-refractivity contribution < 1.29 is 19.1 Å². The first-order valence-electron chi connectivity index (χ1n) is 8.82. The SMILES string of the molecule is CC(=O)NCCCC(N)C(C)(C)OCCC(C)(C)OCCCC=O. The Bertz CT molecular complexity index is 370. The summed E-state index contributed by atoms with van der Waals surface area (Å²) in [6.45, 7) is 11.3. The van der Waals surface area contributed by atoms with Gasteiger partial charge in [0.15, 0.2) is 0 Å². The maximum Gasteiger partial charge on any atom is 0.216 e. The molecule has 0 aromatic carbocycles. The van der Waals surface area contributed by atoms with Gasteiger partial charge in [-0.2, -0.15) is 0 Å². The van der Waals surface area contributed by atoms with Crippen LogP contribution in [0.1, 0.15) is 66.7 Å². The molecule has 0 aromatic rings. The zero-order chi connectivity index (χ0) is 18.6. The number of hydrogen-bond acceptors (Lipinski definition) is 5. The number of aldehydes is 1. The van der Waals surface area contributed by atoms with E-state index in [4.69, 9.17) is 15.2 Å². The molecule has 0 bridgehead atoms. The van der Waals surface area contributed by atoms with Gasteiger partial charge in [0.2, 0.25) is 5.91 Å². The van der Waals surface area contributed by atoms with Gasteiger partial charge >= 0.3 is 0 Å². The van der Waals surface area contributed by atoms with Crippen LogP contribution < -0.4 is 11.1 Å². The second kappa shape index (κ2) is 11.6. The van der Waals surface area contributed by atoms with Gasteiger partial charge in [-0.3, -0.25) is 4.79 Å². The van der Waals surface area contributed by atoms with Gasteiger partial charge in [0, 0.05) is 32.5 Å². The fourth-order valence-electron chi connectivity index (χ4n) is 2.19. The molecule has 0 aliphatic rings. The lowest BCUT2D eigenvalue weighted by molar-refractivity contribution is -0.119. The highest BCUT2D eigenvalue weighted by atomic mass is 16.5. The molecule has 6 heteroatoms. The molecule has 0 aliphatic carbocycles. The molecule has 0 saturated carbocycles. The van der Waals surface area contributed by atoms with Crippen molar-refractivity contribution in [2.45, 2.75) is 84.0 Å². The number of rotatable bonds is 14. The number of nitrogens with two attached hydrogens (primary N) is 1. The summed E-state index contributed by atoms with van der Waals surface area (Å²) in [6.07, 6.45) is 4.58. The minimum atomic E-state index is -0.427. The van der Waals surface area contributed by atoms with Crippen LogP contribution in [0.4, 0.5) is 0 Å². The van der Waals surface area contributed by atoms with Crippen LogP contribution in [0.5, 0.6) is 0 Å². The summed E-state index contributed by atoms with van der Waals surface area (Å²) in [4.78, 5) is 21.1. The van der Waals surface area contributed by atoms with Gasteiger partial charge in [0.1, 0.15) is 6.29 Å². The lowest BCUT2D eigenvalue weighted by atomic mass is 9.95. The number of hydrogen-bond donors (Lipinski definition) is 2. The lowest BCUT2D eigenvalue weighted by Gasteiger charge is -2.34. The number of carbonyl (C=O) groups is 2. The Labute approximate surface area is 146 Å². The summed E-state index contributed by atoms with van der Waals surface area (Å²) in [6, 6.07) is -0.0946. The smallest absolute Gasteiger partial charge is 0.216 e. The Balaban J connectivity index is 4.03. The fourth-order valence-corrected chi connectivity index (χ4v) is 2.19. The highest BCUT2D eigenvalue weighted by Gasteiger charge is 2.28. The van der Waals surface area contributed by atoms with Crippen molar-refractivity contribution in [3.05, 3.63) is 0 Å². The summed E-state index contributed by atoms with van der Waals surface area (Å²) in [5.41, 5.74) is 5.52. The van der Waals surface area contributed by atoms with Crippen molar-refractivity contribution in [3.63, 3.8) is 0 Å². The summed E-state index contributed by atoms with van der Waals surface area (Å²) in [5.74, 6) is -0.0190. The molecule has 0 radical (unpaired) electrons. The van der Waals surface area contributed by atoms with Gasteiger partial charge in [0.05, 0.1) is 17.8 Å². The molecule has 0 aromatic heterocycles. The van der Waals surface area contributed by atoms with Crippen molar-refractivity contribution in [1.29, 1.82) is 0 Å². The van der Waals surface area contributed by atoms with Gasteiger partial charge in [0.25, 0.3) is 0 Å². The van der Waals surface area contributed by atoms with E-state index in [1.54, 1.807) is 0 Å². The molecule has 0 aliphatic heterocycles. The minimum Gasteiger partial charge on any atom is -0.375 e. The average molecular weight is 344 g/mol. The van der Waals surface area contributed by atoms with Crippen molar-refractivity contribution in [1.82, 2.24) is 5.32 Å². The minimum absolute atomic E-state index is 0.0190. The predicted octanol–water partition coefficient (Wildman–Crippen LogP) is 2.19. The Morgan fingerprint density at radius 2 is 1.83 bits per heavy atom. The molecule has 3 N–H and O–H groups in total. The van der Waals surface area contributed by atoms with Crippen LogP contribution in [-0.2, 0) is 19.1 Å². The third-order valence-corrected chi connectivity index (χ3v) is 4.10. The molecule has 0 saturated heterocycles. The van der Waals surface area contributed by atoms with E-state index in [0.29, 0.717) is 26.2 Å².